The first-order chi connectivity index (χ1) is 7.67. The number of carbonyl (C=O) groups excluding carboxylic acids is 1. The first-order valence-electron chi connectivity index (χ1n) is 5.39. The van der Waals surface area contributed by atoms with E-state index in [0.717, 1.165) is 5.56 Å². The number of halogens is 2. The molecule has 0 atom stereocenters. The topological polar surface area (TPSA) is 46.3 Å². The van der Waals surface area contributed by atoms with Gasteiger partial charge in [-0.15, -0.1) is 12.4 Å². The van der Waals surface area contributed by atoms with E-state index in [1.807, 2.05) is 31.2 Å². The quantitative estimate of drug-likeness (QED) is 0.898. The van der Waals surface area contributed by atoms with Gasteiger partial charge in [0.15, 0.2) is 0 Å². The summed E-state index contributed by atoms with van der Waals surface area (Å²) in [6, 6.07) is 7.55. The van der Waals surface area contributed by atoms with Crippen molar-refractivity contribution in [3.05, 3.63) is 34.9 Å². The minimum Gasteiger partial charge on any atom is -0.339 e. The number of hydrogen-bond acceptors (Lipinski definition) is 2. The fourth-order valence-electron chi connectivity index (χ4n) is 1.51. The minimum absolute atomic E-state index is 0. The highest BCUT2D eigenvalue weighted by Gasteiger charge is 2.10. The second-order valence-corrected chi connectivity index (χ2v) is 4.01. The number of amides is 1. The summed E-state index contributed by atoms with van der Waals surface area (Å²) in [4.78, 5) is 13.5. The second-order valence-electron chi connectivity index (χ2n) is 3.58. The number of nitrogens with two attached hydrogens (primary N) is 1. The largest absolute Gasteiger partial charge is 0.339 e. The van der Waals surface area contributed by atoms with Crippen LogP contribution in [-0.4, -0.2) is 23.9 Å². The zero-order chi connectivity index (χ0) is 12.0. The number of benzene rings is 1. The molecule has 0 spiro atoms. The molecule has 1 aromatic carbocycles. The predicted molar refractivity (Wildman–Crippen MR) is 73.5 cm³/mol. The lowest BCUT2D eigenvalue weighted by Crippen LogP contribution is -2.31. The average molecular weight is 277 g/mol. The van der Waals surface area contributed by atoms with Crippen molar-refractivity contribution in [3.63, 3.8) is 0 Å². The molecule has 96 valence electrons. The van der Waals surface area contributed by atoms with Crippen molar-refractivity contribution in [2.45, 2.75) is 19.9 Å². The molecule has 5 heteroatoms. The van der Waals surface area contributed by atoms with E-state index in [1.165, 1.54) is 0 Å². The van der Waals surface area contributed by atoms with E-state index in [1.54, 1.807) is 4.90 Å². The summed E-state index contributed by atoms with van der Waals surface area (Å²) in [7, 11) is 0. The van der Waals surface area contributed by atoms with Crippen molar-refractivity contribution in [1.82, 2.24) is 4.90 Å². The predicted octanol–water partition coefficient (Wildman–Crippen LogP) is 2.46. The van der Waals surface area contributed by atoms with Crippen LogP contribution < -0.4 is 5.73 Å². The molecular weight excluding hydrogens is 259 g/mol. The van der Waals surface area contributed by atoms with Gasteiger partial charge in [0, 0.05) is 31.1 Å². The highest BCUT2D eigenvalue weighted by atomic mass is 35.5. The minimum atomic E-state index is 0. The SMILES string of the molecule is CCN(Cc1cccc(Cl)c1)C(=O)CCN.Cl. The standard InChI is InChI=1S/C12H17ClN2O.ClH/c1-2-15(12(16)6-7-14)9-10-4-3-5-11(13)8-10;/h3-5,8H,2,6-7,9,14H2,1H3;1H. The van der Waals surface area contributed by atoms with Crippen LogP contribution in [0.15, 0.2) is 24.3 Å². The van der Waals surface area contributed by atoms with Gasteiger partial charge in [-0.2, -0.15) is 0 Å². The molecule has 0 saturated carbocycles. The Balaban J connectivity index is 0.00000256. The Morgan fingerprint density at radius 1 is 1.47 bits per heavy atom. The summed E-state index contributed by atoms with van der Waals surface area (Å²) >= 11 is 5.89. The summed E-state index contributed by atoms with van der Waals surface area (Å²) in [6.45, 7) is 3.63. The maximum absolute atomic E-state index is 11.7. The molecule has 17 heavy (non-hydrogen) atoms. The summed E-state index contributed by atoms with van der Waals surface area (Å²) in [5.41, 5.74) is 6.41. The molecule has 1 aromatic rings. The van der Waals surface area contributed by atoms with E-state index in [-0.39, 0.29) is 18.3 Å². The van der Waals surface area contributed by atoms with E-state index < -0.39 is 0 Å². The smallest absolute Gasteiger partial charge is 0.224 e. The van der Waals surface area contributed by atoms with Crippen molar-refractivity contribution < 1.29 is 4.79 Å². The van der Waals surface area contributed by atoms with Crippen molar-refractivity contribution >= 4 is 29.9 Å². The van der Waals surface area contributed by atoms with Crippen LogP contribution in [0.25, 0.3) is 0 Å². The second kappa shape index (κ2) is 8.34. The molecule has 0 aliphatic rings. The molecule has 1 rings (SSSR count). The van der Waals surface area contributed by atoms with Crippen LogP contribution in [0, 0.1) is 0 Å². The lowest BCUT2D eigenvalue weighted by atomic mass is 10.2. The van der Waals surface area contributed by atoms with E-state index in [9.17, 15) is 4.79 Å². The van der Waals surface area contributed by atoms with Gasteiger partial charge < -0.3 is 10.6 Å². The third-order valence-corrected chi connectivity index (χ3v) is 2.59. The van der Waals surface area contributed by atoms with Crippen LogP contribution in [0.1, 0.15) is 18.9 Å². The molecular formula is C12H18Cl2N2O. The molecule has 0 aromatic heterocycles. The number of carbonyl (C=O) groups is 1. The van der Waals surface area contributed by atoms with Gasteiger partial charge in [-0.25, -0.2) is 0 Å². The molecule has 0 bridgehead atoms. The summed E-state index contributed by atoms with van der Waals surface area (Å²) < 4.78 is 0. The fraction of sp³-hybridized carbons (Fsp3) is 0.417. The molecule has 0 unspecified atom stereocenters. The normalized spacial score (nSPS) is 9.59. The van der Waals surface area contributed by atoms with Crippen LogP contribution >= 0.6 is 24.0 Å². The summed E-state index contributed by atoms with van der Waals surface area (Å²) in [5.74, 6) is 0.0879. The molecule has 0 aliphatic heterocycles. The van der Waals surface area contributed by atoms with E-state index >= 15 is 0 Å². The van der Waals surface area contributed by atoms with Crippen molar-refractivity contribution in [2.24, 2.45) is 5.73 Å². The lowest BCUT2D eigenvalue weighted by molar-refractivity contribution is -0.131. The lowest BCUT2D eigenvalue weighted by Gasteiger charge is -2.20. The third kappa shape index (κ3) is 5.39. The van der Waals surface area contributed by atoms with E-state index in [0.29, 0.717) is 31.1 Å². The fourth-order valence-corrected chi connectivity index (χ4v) is 1.73. The first kappa shape index (κ1) is 16.2. The monoisotopic (exact) mass is 276 g/mol. The first-order valence-corrected chi connectivity index (χ1v) is 5.77. The maximum Gasteiger partial charge on any atom is 0.224 e. The van der Waals surface area contributed by atoms with Gasteiger partial charge >= 0.3 is 0 Å². The van der Waals surface area contributed by atoms with Gasteiger partial charge in [0.1, 0.15) is 0 Å². The Bertz CT molecular complexity index is 358. The Morgan fingerprint density at radius 2 is 2.18 bits per heavy atom. The van der Waals surface area contributed by atoms with Crippen molar-refractivity contribution in [3.8, 4) is 0 Å². The van der Waals surface area contributed by atoms with Gasteiger partial charge in [-0.1, -0.05) is 23.7 Å². The van der Waals surface area contributed by atoms with Gasteiger partial charge in [0.25, 0.3) is 0 Å². The maximum atomic E-state index is 11.7. The zero-order valence-corrected chi connectivity index (χ0v) is 11.4. The Morgan fingerprint density at radius 3 is 2.71 bits per heavy atom. The van der Waals surface area contributed by atoms with Crippen molar-refractivity contribution in [2.75, 3.05) is 13.1 Å². The van der Waals surface area contributed by atoms with Gasteiger partial charge in [-0.3, -0.25) is 4.79 Å². The number of nitrogens with zero attached hydrogens (tertiary/aromatic N) is 1. The molecule has 3 nitrogen and oxygen atoms in total. The number of hydrogen-bond donors (Lipinski definition) is 1. The Hall–Kier alpha value is -0.770. The summed E-state index contributed by atoms with van der Waals surface area (Å²) in [6.07, 6.45) is 0.397. The van der Waals surface area contributed by atoms with Crippen LogP contribution in [0.2, 0.25) is 5.02 Å². The van der Waals surface area contributed by atoms with Crippen LogP contribution in [0.5, 0.6) is 0 Å². The molecule has 0 radical (unpaired) electrons. The number of rotatable bonds is 5. The van der Waals surface area contributed by atoms with Gasteiger partial charge in [0.2, 0.25) is 5.91 Å². The van der Waals surface area contributed by atoms with Gasteiger partial charge in [0.05, 0.1) is 0 Å². The highest BCUT2D eigenvalue weighted by molar-refractivity contribution is 6.30. The molecule has 0 aliphatic carbocycles. The zero-order valence-electron chi connectivity index (χ0n) is 9.86. The Labute approximate surface area is 113 Å². The van der Waals surface area contributed by atoms with Crippen LogP contribution in [-0.2, 0) is 11.3 Å². The van der Waals surface area contributed by atoms with E-state index in [2.05, 4.69) is 0 Å². The summed E-state index contributed by atoms with van der Waals surface area (Å²) in [5, 5.41) is 0.694. The molecule has 1 amide bonds. The highest BCUT2D eigenvalue weighted by Crippen LogP contribution is 2.13. The average Bonchev–Trinajstić information content (AvgIpc) is 2.26. The van der Waals surface area contributed by atoms with Crippen molar-refractivity contribution in [1.29, 1.82) is 0 Å². The van der Waals surface area contributed by atoms with Crippen LogP contribution in [0.3, 0.4) is 0 Å². The third-order valence-electron chi connectivity index (χ3n) is 2.36. The van der Waals surface area contributed by atoms with Gasteiger partial charge in [-0.05, 0) is 24.6 Å². The molecule has 0 saturated heterocycles. The molecule has 0 fully saturated rings. The Kier molecular flexibility index (Phi) is 7.96. The van der Waals surface area contributed by atoms with Crippen LogP contribution in [0.4, 0.5) is 0 Å². The van der Waals surface area contributed by atoms with E-state index in [4.69, 9.17) is 17.3 Å². The molecule has 2 N–H and O–H groups in total. The molecule has 0 heterocycles.